The van der Waals surface area contributed by atoms with E-state index in [4.69, 9.17) is 4.98 Å². The first-order chi connectivity index (χ1) is 17.9. The first-order valence-electron chi connectivity index (χ1n) is 12.2. The van der Waals surface area contributed by atoms with Crippen molar-refractivity contribution in [1.82, 2.24) is 14.3 Å². The van der Waals surface area contributed by atoms with Crippen LogP contribution >= 0.6 is 11.3 Å². The predicted molar refractivity (Wildman–Crippen MR) is 142 cm³/mol. The summed E-state index contributed by atoms with van der Waals surface area (Å²) in [5.74, 6) is -0.897. The Balaban J connectivity index is 1.38. The van der Waals surface area contributed by atoms with Crippen molar-refractivity contribution in [2.24, 2.45) is 5.92 Å². The Morgan fingerprint density at radius 3 is 2.54 bits per heavy atom. The second kappa shape index (κ2) is 10.6. The van der Waals surface area contributed by atoms with Crippen LogP contribution in [0.25, 0.3) is 10.2 Å². The molecule has 0 aliphatic carbocycles. The fourth-order valence-corrected chi connectivity index (χ4v) is 7.12. The first-order valence-corrected chi connectivity index (χ1v) is 14.5. The molecular weight excluding hydrogens is 511 g/mol. The molecule has 1 saturated heterocycles. The maximum atomic E-state index is 13.9. The molecule has 3 heterocycles. The third-order valence-electron chi connectivity index (χ3n) is 6.69. The quantitative estimate of drug-likeness (QED) is 0.330. The average molecular weight is 539 g/mol. The summed E-state index contributed by atoms with van der Waals surface area (Å²) < 4.78 is 41.7. The molecule has 1 aliphatic heterocycles. The number of para-hydroxylation sites is 1. The van der Waals surface area contributed by atoms with Gasteiger partial charge in [0.2, 0.25) is 15.9 Å². The summed E-state index contributed by atoms with van der Waals surface area (Å²) in [6, 6.07) is 14.7. The highest BCUT2D eigenvalue weighted by molar-refractivity contribution is 7.89. The summed E-state index contributed by atoms with van der Waals surface area (Å²) in [4.78, 5) is 24.7. The van der Waals surface area contributed by atoms with E-state index in [-0.39, 0.29) is 29.8 Å². The van der Waals surface area contributed by atoms with Gasteiger partial charge in [0.05, 0.1) is 21.7 Å². The molecule has 10 heteroatoms. The summed E-state index contributed by atoms with van der Waals surface area (Å²) in [6.45, 7) is 2.86. The number of amides is 1. The van der Waals surface area contributed by atoms with Crippen LogP contribution in [0.4, 0.5) is 9.52 Å². The molecule has 0 N–H and O–H groups in total. The molecule has 2 aromatic heterocycles. The van der Waals surface area contributed by atoms with E-state index in [9.17, 15) is 17.6 Å². The molecule has 0 saturated carbocycles. The molecule has 1 aliphatic rings. The molecule has 0 radical (unpaired) electrons. The van der Waals surface area contributed by atoms with Crippen molar-refractivity contribution in [3.8, 4) is 0 Å². The number of hydrogen-bond acceptors (Lipinski definition) is 6. The second-order valence-electron chi connectivity index (χ2n) is 9.03. The molecule has 5 rings (SSSR count). The van der Waals surface area contributed by atoms with Gasteiger partial charge in [-0.05, 0) is 66.8 Å². The Morgan fingerprint density at radius 1 is 1.11 bits per heavy atom. The number of pyridine rings is 1. The van der Waals surface area contributed by atoms with Crippen LogP contribution in [0.3, 0.4) is 0 Å². The van der Waals surface area contributed by atoms with E-state index < -0.39 is 15.8 Å². The first kappa shape index (κ1) is 25.4. The van der Waals surface area contributed by atoms with Gasteiger partial charge in [-0.1, -0.05) is 36.5 Å². The average Bonchev–Trinajstić information content (AvgIpc) is 3.36. The van der Waals surface area contributed by atoms with Crippen molar-refractivity contribution in [3.63, 3.8) is 0 Å². The van der Waals surface area contributed by atoms with Gasteiger partial charge in [-0.15, -0.1) is 0 Å². The number of nitrogens with zero attached hydrogens (tertiary/aromatic N) is 4. The Bertz CT molecular complexity index is 1500. The highest BCUT2D eigenvalue weighted by atomic mass is 32.2. The molecule has 192 valence electrons. The van der Waals surface area contributed by atoms with Crippen molar-refractivity contribution in [3.05, 3.63) is 83.9 Å². The van der Waals surface area contributed by atoms with E-state index >= 15 is 0 Å². The third kappa shape index (κ3) is 5.27. The topological polar surface area (TPSA) is 83.5 Å². The highest BCUT2D eigenvalue weighted by Crippen LogP contribution is 2.34. The standard InChI is InChI=1S/C27H27FN4O3S2/c1-2-20-6-3-7-24-25(20)30-27(36-24)32(18-19-5-4-14-29-17-19)26(33)21-12-15-31(16-13-21)37(34,35)23-10-8-22(28)9-11-23/h3-11,14,17,21H,2,12-13,15-16,18H2,1H3. The van der Waals surface area contributed by atoms with Crippen LogP contribution in [0.5, 0.6) is 0 Å². The molecule has 1 amide bonds. The zero-order valence-corrected chi connectivity index (χ0v) is 22.0. The number of rotatable bonds is 7. The number of fused-ring (bicyclic) bond motifs is 1. The van der Waals surface area contributed by atoms with Crippen molar-refractivity contribution in [2.75, 3.05) is 18.0 Å². The van der Waals surface area contributed by atoms with Crippen LogP contribution in [0.1, 0.15) is 30.9 Å². The fourth-order valence-electron chi connectivity index (χ4n) is 4.63. The van der Waals surface area contributed by atoms with Gasteiger partial charge in [0.1, 0.15) is 5.82 Å². The SMILES string of the molecule is CCc1cccc2sc(N(Cc3cccnc3)C(=O)C3CCN(S(=O)(=O)c4ccc(F)cc4)CC3)nc12. The molecule has 1 fully saturated rings. The fraction of sp³-hybridized carbons (Fsp3) is 0.296. The van der Waals surface area contributed by atoms with Crippen LogP contribution in [0.15, 0.2) is 71.9 Å². The monoisotopic (exact) mass is 538 g/mol. The molecule has 2 aromatic carbocycles. The lowest BCUT2D eigenvalue weighted by molar-refractivity contribution is -0.123. The molecule has 0 spiro atoms. The number of aromatic nitrogens is 2. The van der Waals surface area contributed by atoms with Crippen LogP contribution in [-0.4, -0.2) is 41.7 Å². The van der Waals surface area contributed by atoms with Gasteiger partial charge in [0.15, 0.2) is 5.13 Å². The van der Waals surface area contributed by atoms with Crippen molar-refractivity contribution >= 4 is 42.6 Å². The van der Waals surface area contributed by atoms with Gasteiger partial charge in [-0.3, -0.25) is 14.7 Å². The molecule has 4 aromatic rings. The third-order valence-corrected chi connectivity index (χ3v) is 9.64. The molecule has 7 nitrogen and oxygen atoms in total. The second-order valence-corrected chi connectivity index (χ2v) is 12.0. The zero-order chi connectivity index (χ0) is 26.0. The van der Waals surface area contributed by atoms with E-state index in [1.54, 1.807) is 17.3 Å². The van der Waals surface area contributed by atoms with Gasteiger partial charge in [-0.25, -0.2) is 17.8 Å². The highest BCUT2D eigenvalue weighted by Gasteiger charge is 2.35. The molecular formula is C27H27FN4O3S2. The minimum Gasteiger partial charge on any atom is -0.283 e. The van der Waals surface area contributed by atoms with Crippen LogP contribution in [0.2, 0.25) is 0 Å². The van der Waals surface area contributed by atoms with Crippen molar-refractivity contribution in [2.45, 2.75) is 37.6 Å². The number of sulfonamides is 1. The number of thiazole rings is 1. The number of piperidine rings is 1. The maximum absolute atomic E-state index is 13.9. The van der Waals surface area contributed by atoms with E-state index in [0.717, 1.165) is 39.9 Å². The normalized spacial score (nSPS) is 15.2. The summed E-state index contributed by atoms with van der Waals surface area (Å²) in [5, 5.41) is 0.631. The number of halogens is 1. The number of carbonyl (C=O) groups is 1. The Hall–Kier alpha value is -3.21. The minimum atomic E-state index is -3.75. The van der Waals surface area contributed by atoms with E-state index in [2.05, 4.69) is 18.0 Å². The Kier molecular flexibility index (Phi) is 7.32. The molecule has 0 atom stereocenters. The van der Waals surface area contributed by atoms with Crippen LogP contribution in [0, 0.1) is 11.7 Å². The lowest BCUT2D eigenvalue weighted by atomic mass is 9.96. The number of carbonyl (C=O) groups excluding carboxylic acids is 1. The lowest BCUT2D eigenvalue weighted by Gasteiger charge is -2.33. The van der Waals surface area contributed by atoms with Gasteiger partial charge < -0.3 is 0 Å². The summed E-state index contributed by atoms with van der Waals surface area (Å²) in [6.07, 6.45) is 5.07. The van der Waals surface area contributed by atoms with Gasteiger partial charge in [-0.2, -0.15) is 4.31 Å². The molecule has 0 bridgehead atoms. The largest absolute Gasteiger partial charge is 0.283 e. The Labute approximate surface area is 219 Å². The van der Waals surface area contributed by atoms with Gasteiger partial charge >= 0.3 is 0 Å². The molecule has 0 unspecified atom stereocenters. The zero-order valence-electron chi connectivity index (χ0n) is 20.4. The number of anilines is 1. The predicted octanol–water partition coefficient (Wildman–Crippen LogP) is 5.03. The minimum absolute atomic E-state index is 0.0538. The van der Waals surface area contributed by atoms with E-state index in [1.807, 2.05) is 24.3 Å². The summed E-state index contributed by atoms with van der Waals surface area (Å²) >= 11 is 1.49. The van der Waals surface area contributed by atoms with Crippen LogP contribution < -0.4 is 4.90 Å². The van der Waals surface area contributed by atoms with Gasteiger partial charge in [0, 0.05) is 31.4 Å². The number of aryl methyl sites for hydroxylation is 1. The maximum Gasteiger partial charge on any atom is 0.243 e. The Morgan fingerprint density at radius 2 is 1.86 bits per heavy atom. The van der Waals surface area contributed by atoms with E-state index in [1.165, 1.54) is 27.8 Å². The summed E-state index contributed by atoms with van der Waals surface area (Å²) in [5.41, 5.74) is 2.93. The summed E-state index contributed by atoms with van der Waals surface area (Å²) in [7, 11) is -3.75. The van der Waals surface area contributed by atoms with Crippen molar-refractivity contribution < 1.29 is 17.6 Å². The lowest BCUT2D eigenvalue weighted by Crippen LogP contribution is -2.44. The van der Waals surface area contributed by atoms with Crippen molar-refractivity contribution in [1.29, 1.82) is 0 Å². The number of hydrogen-bond donors (Lipinski definition) is 0. The van der Waals surface area contributed by atoms with E-state index in [0.29, 0.717) is 24.5 Å². The smallest absolute Gasteiger partial charge is 0.243 e. The molecule has 37 heavy (non-hydrogen) atoms. The van der Waals surface area contributed by atoms with Crippen LogP contribution in [-0.2, 0) is 27.8 Å². The number of benzene rings is 2. The van der Waals surface area contributed by atoms with Gasteiger partial charge in [0.25, 0.3) is 0 Å².